The standard InChI is InChI=1S/C21H23ClN2O3/c1-14-3-5-15(6-4-14)21(26)24-11-9-17(10-12-24)23-20(25)18-8-7-16(22)13-19(18)27-2/h3-8,13,17H,9-12H2,1-2H3,(H,23,25). The minimum Gasteiger partial charge on any atom is -0.496 e. The second-order valence-electron chi connectivity index (χ2n) is 6.75. The molecule has 0 bridgehead atoms. The van der Waals surface area contributed by atoms with Gasteiger partial charge in [-0.25, -0.2) is 0 Å². The molecule has 1 heterocycles. The number of piperidine rings is 1. The summed E-state index contributed by atoms with van der Waals surface area (Å²) in [6.07, 6.45) is 1.44. The first-order valence-electron chi connectivity index (χ1n) is 8.98. The van der Waals surface area contributed by atoms with Gasteiger partial charge >= 0.3 is 0 Å². The Bertz CT molecular complexity index is 828. The van der Waals surface area contributed by atoms with Gasteiger partial charge in [0.1, 0.15) is 5.75 Å². The van der Waals surface area contributed by atoms with Crippen molar-refractivity contribution >= 4 is 23.4 Å². The van der Waals surface area contributed by atoms with E-state index in [1.165, 1.54) is 7.11 Å². The summed E-state index contributed by atoms with van der Waals surface area (Å²) in [7, 11) is 1.51. The van der Waals surface area contributed by atoms with E-state index in [9.17, 15) is 9.59 Å². The van der Waals surface area contributed by atoms with Gasteiger partial charge in [-0.2, -0.15) is 0 Å². The topological polar surface area (TPSA) is 58.6 Å². The highest BCUT2D eigenvalue weighted by Gasteiger charge is 2.25. The molecule has 6 heteroatoms. The molecule has 2 aromatic rings. The predicted octanol–water partition coefficient (Wildman–Crippen LogP) is 3.69. The number of amides is 2. The van der Waals surface area contributed by atoms with Crippen LogP contribution in [0, 0.1) is 6.92 Å². The highest BCUT2D eigenvalue weighted by molar-refractivity contribution is 6.30. The van der Waals surface area contributed by atoms with Crippen molar-refractivity contribution in [3.05, 3.63) is 64.2 Å². The van der Waals surface area contributed by atoms with Crippen LogP contribution in [0.15, 0.2) is 42.5 Å². The van der Waals surface area contributed by atoms with Crippen LogP contribution < -0.4 is 10.1 Å². The number of ether oxygens (including phenoxy) is 1. The number of benzene rings is 2. The second kappa shape index (κ2) is 8.44. The molecule has 1 aliphatic rings. The van der Waals surface area contributed by atoms with Crippen LogP contribution in [-0.4, -0.2) is 43.0 Å². The number of likely N-dealkylation sites (tertiary alicyclic amines) is 1. The van der Waals surface area contributed by atoms with Gasteiger partial charge in [0, 0.05) is 29.7 Å². The average Bonchev–Trinajstić information content (AvgIpc) is 2.68. The zero-order valence-corrected chi connectivity index (χ0v) is 16.3. The third kappa shape index (κ3) is 4.61. The first kappa shape index (κ1) is 19.2. The minimum atomic E-state index is -0.188. The quantitative estimate of drug-likeness (QED) is 0.871. The molecule has 2 aromatic carbocycles. The van der Waals surface area contributed by atoms with Crippen LogP contribution in [0.1, 0.15) is 39.1 Å². The van der Waals surface area contributed by atoms with E-state index in [1.807, 2.05) is 36.1 Å². The number of hydrogen-bond acceptors (Lipinski definition) is 3. The smallest absolute Gasteiger partial charge is 0.255 e. The van der Waals surface area contributed by atoms with Gasteiger partial charge in [-0.3, -0.25) is 9.59 Å². The molecule has 1 saturated heterocycles. The Kier molecular flexibility index (Phi) is 6.01. The van der Waals surface area contributed by atoms with E-state index in [0.717, 1.165) is 18.4 Å². The molecule has 2 amide bonds. The molecule has 0 aliphatic carbocycles. The van der Waals surface area contributed by atoms with Crippen molar-refractivity contribution in [1.29, 1.82) is 0 Å². The number of aryl methyl sites for hydroxylation is 1. The molecule has 1 fully saturated rings. The van der Waals surface area contributed by atoms with Gasteiger partial charge in [0.05, 0.1) is 12.7 Å². The monoisotopic (exact) mass is 386 g/mol. The van der Waals surface area contributed by atoms with Crippen LogP contribution in [0.3, 0.4) is 0 Å². The molecule has 0 unspecified atom stereocenters. The van der Waals surface area contributed by atoms with Crippen molar-refractivity contribution in [2.24, 2.45) is 0 Å². The summed E-state index contributed by atoms with van der Waals surface area (Å²) in [5.41, 5.74) is 2.29. The number of rotatable bonds is 4. The van der Waals surface area contributed by atoms with E-state index in [-0.39, 0.29) is 17.9 Å². The molecule has 5 nitrogen and oxygen atoms in total. The summed E-state index contributed by atoms with van der Waals surface area (Å²) < 4.78 is 5.24. The highest BCUT2D eigenvalue weighted by Crippen LogP contribution is 2.23. The molecule has 0 aromatic heterocycles. The van der Waals surface area contributed by atoms with E-state index in [0.29, 0.717) is 35.0 Å². The maximum atomic E-state index is 12.6. The number of hydrogen-bond donors (Lipinski definition) is 1. The number of methoxy groups -OCH3 is 1. The maximum absolute atomic E-state index is 12.6. The number of carbonyl (C=O) groups excluding carboxylic acids is 2. The summed E-state index contributed by atoms with van der Waals surface area (Å²) >= 11 is 5.95. The average molecular weight is 387 g/mol. The van der Waals surface area contributed by atoms with E-state index < -0.39 is 0 Å². The Morgan fingerprint density at radius 2 is 1.78 bits per heavy atom. The lowest BCUT2D eigenvalue weighted by atomic mass is 10.0. The molecular formula is C21H23ClN2O3. The maximum Gasteiger partial charge on any atom is 0.255 e. The number of nitrogens with zero attached hydrogens (tertiary/aromatic N) is 1. The Morgan fingerprint density at radius 1 is 1.11 bits per heavy atom. The van der Waals surface area contributed by atoms with Crippen LogP contribution in [-0.2, 0) is 0 Å². The lowest BCUT2D eigenvalue weighted by Gasteiger charge is -2.32. The Labute approximate surface area is 164 Å². The molecule has 1 N–H and O–H groups in total. The van der Waals surface area contributed by atoms with Crippen LogP contribution in [0.2, 0.25) is 5.02 Å². The summed E-state index contributed by atoms with van der Waals surface area (Å²) in [5, 5.41) is 3.56. The molecule has 3 rings (SSSR count). The van der Waals surface area contributed by atoms with Crippen LogP contribution in [0.25, 0.3) is 0 Å². The zero-order valence-electron chi connectivity index (χ0n) is 15.5. The molecule has 0 radical (unpaired) electrons. The first-order valence-corrected chi connectivity index (χ1v) is 9.36. The van der Waals surface area contributed by atoms with Crippen molar-refractivity contribution in [3.63, 3.8) is 0 Å². The molecule has 0 atom stereocenters. The second-order valence-corrected chi connectivity index (χ2v) is 7.19. The summed E-state index contributed by atoms with van der Waals surface area (Å²) in [5.74, 6) is 0.304. The Morgan fingerprint density at radius 3 is 2.41 bits per heavy atom. The van der Waals surface area contributed by atoms with Crippen molar-refractivity contribution in [2.45, 2.75) is 25.8 Å². The van der Waals surface area contributed by atoms with Gasteiger partial charge in [-0.05, 0) is 50.1 Å². The highest BCUT2D eigenvalue weighted by atomic mass is 35.5. The van der Waals surface area contributed by atoms with Crippen molar-refractivity contribution in [3.8, 4) is 5.75 Å². The third-order valence-electron chi connectivity index (χ3n) is 4.82. The molecular weight excluding hydrogens is 364 g/mol. The molecule has 0 saturated carbocycles. The van der Waals surface area contributed by atoms with E-state index >= 15 is 0 Å². The van der Waals surface area contributed by atoms with Crippen LogP contribution in [0.5, 0.6) is 5.75 Å². The fraction of sp³-hybridized carbons (Fsp3) is 0.333. The van der Waals surface area contributed by atoms with Gasteiger partial charge in [0.25, 0.3) is 11.8 Å². The minimum absolute atomic E-state index is 0.0277. The predicted molar refractivity (Wildman–Crippen MR) is 106 cm³/mol. The number of nitrogens with one attached hydrogen (secondary N) is 1. The van der Waals surface area contributed by atoms with Crippen molar-refractivity contribution in [2.75, 3.05) is 20.2 Å². The summed E-state index contributed by atoms with van der Waals surface area (Å²) in [6.45, 7) is 3.24. The van der Waals surface area contributed by atoms with E-state index in [4.69, 9.17) is 16.3 Å². The van der Waals surface area contributed by atoms with Gasteiger partial charge < -0.3 is 15.0 Å². The number of halogens is 1. The Balaban J connectivity index is 1.57. The molecule has 0 spiro atoms. The van der Waals surface area contributed by atoms with Gasteiger partial charge in [-0.15, -0.1) is 0 Å². The van der Waals surface area contributed by atoms with Gasteiger partial charge in [0.15, 0.2) is 0 Å². The third-order valence-corrected chi connectivity index (χ3v) is 5.06. The first-order chi connectivity index (χ1) is 13.0. The normalized spacial score (nSPS) is 14.7. The van der Waals surface area contributed by atoms with Crippen molar-refractivity contribution < 1.29 is 14.3 Å². The zero-order chi connectivity index (χ0) is 19.4. The van der Waals surface area contributed by atoms with Gasteiger partial charge in [-0.1, -0.05) is 29.3 Å². The van der Waals surface area contributed by atoms with E-state index in [2.05, 4.69) is 5.32 Å². The fourth-order valence-corrected chi connectivity index (χ4v) is 3.38. The van der Waals surface area contributed by atoms with Crippen LogP contribution in [0.4, 0.5) is 0 Å². The summed E-state index contributed by atoms with van der Waals surface area (Å²) in [4.78, 5) is 27.0. The fourth-order valence-electron chi connectivity index (χ4n) is 3.22. The largest absolute Gasteiger partial charge is 0.496 e. The lowest BCUT2D eigenvalue weighted by Crippen LogP contribution is -2.46. The van der Waals surface area contributed by atoms with E-state index in [1.54, 1.807) is 18.2 Å². The molecule has 27 heavy (non-hydrogen) atoms. The number of carbonyl (C=O) groups is 2. The van der Waals surface area contributed by atoms with Crippen molar-refractivity contribution in [1.82, 2.24) is 10.2 Å². The lowest BCUT2D eigenvalue weighted by molar-refractivity contribution is 0.0698. The Hall–Kier alpha value is -2.53. The molecule has 142 valence electrons. The molecule has 1 aliphatic heterocycles. The SMILES string of the molecule is COc1cc(Cl)ccc1C(=O)NC1CCN(C(=O)c2ccc(C)cc2)CC1. The summed E-state index contributed by atoms with van der Waals surface area (Å²) in [6, 6.07) is 12.6. The van der Waals surface area contributed by atoms with Crippen LogP contribution >= 0.6 is 11.6 Å². The van der Waals surface area contributed by atoms with Gasteiger partial charge in [0.2, 0.25) is 0 Å².